The molecule has 0 saturated heterocycles. The summed E-state index contributed by atoms with van der Waals surface area (Å²) in [6.45, 7) is 10.5. The standard InChI is InChI=1S/C14H22O2/c1-9-8-11-13(3,4)7-6-12(15)14(11,5)16-10(9)2/h8,12,15H,6-7H2,1-5H3. The van der Waals surface area contributed by atoms with Crippen molar-refractivity contribution in [3.8, 4) is 0 Å². The SMILES string of the molecule is CC1=C(C)OC2(C)C(=C1)C(C)(C)CCC2O. The summed E-state index contributed by atoms with van der Waals surface area (Å²) in [4.78, 5) is 0. The number of aliphatic hydroxyl groups excluding tert-OH is 1. The van der Waals surface area contributed by atoms with Crippen LogP contribution in [0.15, 0.2) is 23.0 Å². The second kappa shape index (κ2) is 3.36. The average Bonchev–Trinajstić information content (AvgIpc) is 2.18. The first kappa shape index (κ1) is 11.7. The third-order valence-corrected chi connectivity index (χ3v) is 4.22. The molecule has 2 atom stereocenters. The Hall–Kier alpha value is -0.760. The number of aliphatic hydroxyl groups is 1. The molecule has 1 saturated carbocycles. The maximum atomic E-state index is 10.2. The van der Waals surface area contributed by atoms with Crippen molar-refractivity contribution in [3.63, 3.8) is 0 Å². The van der Waals surface area contributed by atoms with Crippen LogP contribution in [0.25, 0.3) is 0 Å². The third kappa shape index (κ3) is 1.51. The van der Waals surface area contributed by atoms with Gasteiger partial charge in [-0.3, -0.25) is 0 Å². The topological polar surface area (TPSA) is 29.5 Å². The first-order valence-electron chi connectivity index (χ1n) is 6.04. The number of ether oxygens (including phenoxy) is 1. The number of rotatable bonds is 0. The summed E-state index contributed by atoms with van der Waals surface area (Å²) in [5, 5.41) is 10.2. The molecule has 90 valence electrons. The summed E-state index contributed by atoms with van der Waals surface area (Å²) in [5.74, 6) is 0.933. The lowest BCUT2D eigenvalue weighted by molar-refractivity contribution is -0.0930. The molecule has 0 amide bonds. The smallest absolute Gasteiger partial charge is 0.153 e. The highest BCUT2D eigenvalue weighted by molar-refractivity contribution is 5.39. The molecular weight excluding hydrogens is 200 g/mol. The van der Waals surface area contributed by atoms with E-state index < -0.39 is 11.7 Å². The molecule has 1 heterocycles. The van der Waals surface area contributed by atoms with Crippen LogP contribution in [0.4, 0.5) is 0 Å². The summed E-state index contributed by atoms with van der Waals surface area (Å²) in [7, 11) is 0. The van der Waals surface area contributed by atoms with Gasteiger partial charge >= 0.3 is 0 Å². The fraction of sp³-hybridized carbons (Fsp3) is 0.714. The highest BCUT2D eigenvalue weighted by Crippen LogP contribution is 2.50. The van der Waals surface area contributed by atoms with Crippen LogP contribution in [-0.4, -0.2) is 16.8 Å². The second-order valence-corrected chi connectivity index (χ2v) is 5.94. The molecule has 1 aliphatic carbocycles. The van der Waals surface area contributed by atoms with Gasteiger partial charge in [-0.15, -0.1) is 0 Å². The first-order valence-corrected chi connectivity index (χ1v) is 6.04. The summed E-state index contributed by atoms with van der Waals surface area (Å²) in [6.07, 6.45) is 3.65. The average molecular weight is 222 g/mol. The van der Waals surface area contributed by atoms with Gasteiger partial charge in [-0.2, -0.15) is 0 Å². The lowest BCUT2D eigenvalue weighted by Gasteiger charge is -2.50. The van der Waals surface area contributed by atoms with Crippen molar-refractivity contribution in [2.45, 2.75) is 59.2 Å². The van der Waals surface area contributed by atoms with Gasteiger partial charge in [0, 0.05) is 0 Å². The van der Waals surface area contributed by atoms with Gasteiger partial charge in [0.05, 0.1) is 11.9 Å². The molecule has 0 aromatic rings. The third-order valence-electron chi connectivity index (χ3n) is 4.22. The van der Waals surface area contributed by atoms with Crippen LogP contribution >= 0.6 is 0 Å². The molecule has 1 N–H and O–H groups in total. The second-order valence-electron chi connectivity index (χ2n) is 5.94. The molecule has 2 unspecified atom stereocenters. The molecule has 1 aliphatic heterocycles. The van der Waals surface area contributed by atoms with Crippen molar-refractivity contribution in [2.75, 3.05) is 0 Å². The van der Waals surface area contributed by atoms with Crippen molar-refractivity contribution in [1.29, 1.82) is 0 Å². The van der Waals surface area contributed by atoms with Gasteiger partial charge in [0.25, 0.3) is 0 Å². The summed E-state index contributed by atoms with van der Waals surface area (Å²) in [6, 6.07) is 0. The first-order chi connectivity index (χ1) is 7.27. The maximum Gasteiger partial charge on any atom is 0.153 e. The minimum atomic E-state index is -0.522. The highest BCUT2D eigenvalue weighted by Gasteiger charge is 2.50. The van der Waals surface area contributed by atoms with Gasteiger partial charge in [0.2, 0.25) is 0 Å². The van der Waals surface area contributed by atoms with E-state index in [4.69, 9.17) is 4.74 Å². The molecule has 0 spiro atoms. The predicted octanol–water partition coefficient (Wildman–Crippen LogP) is 3.18. The van der Waals surface area contributed by atoms with Crippen molar-refractivity contribution in [3.05, 3.63) is 23.0 Å². The van der Waals surface area contributed by atoms with E-state index in [0.29, 0.717) is 0 Å². The zero-order chi connectivity index (χ0) is 12.1. The van der Waals surface area contributed by atoms with Crippen LogP contribution in [-0.2, 0) is 4.74 Å². The monoisotopic (exact) mass is 222 g/mol. The predicted molar refractivity (Wildman–Crippen MR) is 65.0 cm³/mol. The van der Waals surface area contributed by atoms with Crippen molar-refractivity contribution >= 4 is 0 Å². The molecule has 0 bridgehead atoms. The number of hydrogen-bond donors (Lipinski definition) is 1. The van der Waals surface area contributed by atoms with Crippen LogP contribution in [0.5, 0.6) is 0 Å². The Kier molecular flexibility index (Phi) is 2.46. The quantitative estimate of drug-likeness (QED) is 0.682. The van der Waals surface area contributed by atoms with Crippen molar-refractivity contribution < 1.29 is 9.84 Å². The Bertz CT molecular complexity index is 376. The fourth-order valence-electron chi connectivity index (χ4n) is 2.94. The van der Waals surface area contributed by atoms with Crippen molar-refractivity contribution in [1.82, 2.24) is 0 Å². The molecule has 0 aromatic carbocycles. The van der Waals surface area contributed by atoms with E-state index in [2.05, 4.69) is 26.8 Å². The van der Waals surface area contributed by atoms with Crippen LogP contribution < -0.4 is 0 Å². The minimum absolute atomic E-state index is 0.121. The Balaban J connectivity index is 2.53. The lowest BCUT2D eigenvalue weighted by Crippen LogP contribution is -2.52. The van der Waals surface area contributed by atoms with Crippen LogP contribution in [0.2, 0.25) is 0 Å². The van der Waals surface area contributed by atoms with E-state index in [9.17, 15) is 5.11 Å². The van der Waals surface area contributed by atoms with Gasteiger partial charge in [-0.05, 0) is 50.2 Å². The normalized spacial score (nSPS) is 37.6. The molecule has 2 aliphatic rings. The van der Waals surface area contributed by atoms with Gasteiger partial charge in [0.1, 0.15) is 0 Å². The van der Waals surface area contributed by atoms with E-state index in [-0.39, 0.29) is 5.41 Å². The number of fused-ring (bicyclic) bond motifs is 1. The Morgan fingerprint density at radius 3 is 2.56 bits per heavy atom. The maximum absolute atomic E-state index is 10.2. The van der Waals surface area contributed by atoms with E-state index in [1.165, 1.54) is 11.1 Å². The summed E-state index contributed by atoms with van der Waals surface area (Å²) in [5.41, 5.74) is 2.01. The Morgan fingerprint density at radius 2 is 1.94 bits per heavy atom. The van der Waals surface area contributed by atoms with E-state index in [1.54, 1.807) is 0 Å². The zero-order valence-electron chi connectivity index (χ0n) is 10.9. The molecule has 1 fully saturated rings. The fourth-order valence-corrected chi connectivity index (χ4v) is 2.94. The Morgan fingerprint density at radius 1 is 1.31 bits per heavy atom. The van der Waals surface area contributed by atoms with E-state index in [1.807, 2.05) is 13.8 Å². The largest absolute Gasteiger partial charge is 0.485 e. The molecule has 16 heavy (non-hydrogen) atoms. The lowest BCUT2D eigenvalue weighted by atomic mass is 9.63. The van der Waals surface area contributed by atoms with Gasteiger partial charge < -0.3 is 9.84 Å². The number of allylic oxidation sites excluding steroid dienone is 3. The molecule has 2 heteroatoms. The van der Waals surface area contributed by atoms with Crippen molar-refractivity contribution in [2.24, 2.45) is 5.41 Å². The minimum Gasteiger partial charge on any atom is -0.485 e. The van der Waals surface area contributed by atoms with Gasteiger partial charge in [0.15, 0.2) is 5.60 Å². The van der Waals surface area contributed by atoms with Crippen LogP contribution in [0, 0.1) is 5.41 Å². The zero-order valence-corrected chi connectivity index (χ0v) is 10.9. The molecule has 2 nitrogen and oxygen atoms in total. The van der Waals surface area contributed by atoms with Gasteiger partial charge in [-0.25, -0.2) is 0 Å². The van der Waals surface area contributed by atoms with Crippen LogP contribution in [0.3, 0.4) is 0 Å². The highest BCUT2D eigenvalue weighted by atomic mass is 16.5. The molecular formula is C14H22O2. The summed E-state index contributed by atoms with van der Waals surface area (Å²) >= 11 is 0. The molecule has 0 radical (unpaired) electrons. The van der Waals surface area contributed by atoms with E-state index >= 15 is 0 Å². The van der Waals surface area contributed by atoms with Crippen LogP contribution in [0.1, 0.15) is 47.5 Å². The van der Waals surface area contributed by atoms with E-state index in [0.717, 1.165) is 18.6 Å². The molecule has 0 aromatic heterocycles. The number of hydrogen-bond acceptors (Lipinski definition) is 2. The molecule has 2 rings (SSSR count). The summed E-state index contributed by atoms with van der Waals surface area (Å²) < 4.78 is 6.00. The van der Waals surface area contributed by atoms with Gasteiger partial charge in [-0.1, -0.05) is 19.9 Å². The Labute approximate surface area is 98.0 Å².